The summed E-state index contributed by atoms with van der Waals surface area (Å²) in [5, 5.41) is 26.1. The van der Waals surface area contributed by atoms with E-state index in [1.165, 1.54) is 29.8 Å². The van der Waals surface area contributed by atoms with Crippen LogP contribution in [0.5, 0.6) is 11.5 Å². The molecular formula is C79H109N11O17. The maximum Gasteiger partial charge on any atom is 0.419 e. The molecule has 0 saturated carbocycles. The molecular weight excluding hydrogens is 1370 g/mol. The van der Waals surface area contributed by atoms with Crippen LogP contribution in [0.25, 0.3) is 10.9 Å². The van der Waals surface area contributed by atoms with Crippen molar-refractivity contribution in [3.63, 3.8) is 0 Å². The number of esters is 1. The molecule has 6 rings (SSSR count). The van der Waals surface area contributed by atoms with E-state index in [1.807, 2.05) is 48.5 Å². The van der Waals surface area contributed by atoms with Gasteiger partial charge in [0.15, 0.2) is 0 Å². The highest BCUT2D eigenvalue weighted by molar-refractivity contribution is 5.99. The van der Waals surface area contributed by atoms with Crippen molar-refractivity contribution in [1.82, 2.24) is 51.2 Å². The number of fused-ring (bicyclic) bond motifs is 1. The van der Waals surface area contributed by atoms with Crippen LogP contribution in [0.1, 0.15) is 157 Å². The number of hydrogen-bond acceptors (Lipinski definition) is 17. The summed E-state index contributed by atoms with van der Waals surface area (Å²) in [5.41, 5.74) is 6.31. The first-order valence-corrected chi connectivity index (χ1v) is 36.3. The number of likely N-dealkylation sites (N-methyl/N-ethyl adjacent to an activating group) is 2. The van der Waals surface area contributed by atoms with E-state index in [9.17, 15) is 53.1 Å². The average Bonchev–Trinajstić information content (AvgIpc) is 1.64. The zero-order valence-electron chi connectivity index (χ0n) is 64.4. The number of aromatic nitrogens is 1. The number of rotatable bonds is 34. The topological polar surface area (TPSA) is 375 Å². The fourth-order valence-corrected chi connectivity index (χ4v) is 12.0. The van der Waals surface area contributed by atoms with Gasteiger partial charge in [-0.3, -0.25) is 57.3 Å². The van der Waals surface area contributed by atoms with Crippen LogP contribution in [0.4, 0.5) is 4.79 Å². The largest absolute Gasteiger partial charge is 0.488 e. The van der Waals surface area contributed by atoms with Crippen molar-refractivity contribution in [3.05, 3.63) is 132 Å². The molecule has 0 spiro atoms. The second kappa shape index (κ2) is 38.2. The summed E-state index contributed by atoms with van der Waals surface area (Å²) in [5.74, 6) is -7.99. The summed E-state index contributed by atoms with van der Waals surface area (Å²) in [7, 11) is 2.70. The zero-order valence-corrected chi connectivity index (χ0v) is 64.4. The minimum atomic E-state index is -1.49. The molecule has 9 N–H and O–H groups in total. The molecule has 28 nitrogen and oxygen atoms in total. The number of nitrogens with zero attached hydrogens (tertiary/aromatic N) is 4. The van der Waals surface area contributed by atoms with Crippen molar-refractivity contribution in [2.45, 2.75) is 225 Å². The number of ether oxygens (including phenoxy) is 4. The normalized spacial score (nSPS) is 14.8. The van der Waals surface area contributed by atoms with Crippen LogP contribution in [0.15, 0.2) is 109 Å². The Morgan fingerprint density at radius 1 is 0.570 bits per heavy atom. The third-order valence-corrected chi connectivity index (χ3v) is 17.0. The Morgan fingerprint density at radius 2 is 1.10 bits per heavy atom. The quantitative estimate of drug-likeness (QED) is 0.0167. The van der Waals surface area contributed by atoms with Crippen molar-refractivity contribution in [1.29, 1.82) is 0 Å². The number of hydrogen-bond donors (Lipinski definition) is 8. The fraction of sp³-hybridized carbons (Fsp3) is 0.519. The zero-order chi connectivity index (χ0) is 79.3. The van der Waals surface area contributed by atoms with Crippen LogP contribution < -0.4 is 47.1 Å². The SMILES string of the molecule is CCCCC[C@H](NC(=O)[C@H](Cc1ccc(OC(C)(C)C)cc1)NC(=O)[C@H](Cc1ccccc1)N(C)C(=O)CNC(=O)CN(C)C(=O)[C@H]1CCCN1C(=O)[C@H](CC(=O)OC(C)(C)C)NC(=O)[C@@H](N)Cc1ccc(OC(C)(C)C)cc1)C(=O)N[C@@H](Cc1cn(C(=O)OC(C)(C)C)c2ccccc12)C(=O)NCC(=O)O. The third-order valence-electron chi connectivity index (χ3n) is 17.0. The standard InChI is InChI=1S/C79H109N11O17/c1-16-17-19-28-57(70(98)84-59(69(97)82-46-66(93)94)43-52-47-90(75(103)107-79(11,12)13)61-29-23-22-27-55(52)61)83-71(99)58(41-51-33-37-54(38-34-51)105-77(5,6)7)85-72(100)63(42-49-25-20-18-21-26-49)88(15)65(92)45-81-64(91)48-87(14)74(102)62-30-24-39-89(62)73(101)60(44-67(95)106-78(8,9)10)86-68(96)56(80)40-50-31-35-53(36-32-50)104-76(2,3)4/h18,20-23,25-27,29,31-38,47,56-60,62-63H,16-17,19,24,28,30,39-46,48,80H2,1-15H3,(H,81,91)(H,82,97)(H,83,99)(H,84,98)(H,85,100)(H,86,96)(H,93,94)/t56-,57-,58-,59-,60-,62+,63-/m0/s1. The molecule has 1 aromatic heterocycles. The van der Waals surface area contributed by atoms with Gasteiger partial charge in [0.05, 0.1) is 31.1 Å². The molecule has 4 aromatic carbocycles. The first kappa shape index (κ1) is 85.5. The maximum absolute atomic E-state index is 15.1. The highest BCUT2D eigenvalue weighted by atomic mass is 16.6. The lowest BCUT2D eigenvalue weighted by atomic mass is 10.00. The number of carbonyl (C=O) groups is 12. The van der Waals surface area contributed by atoms with Gasteiger partial charge in [0.25, 0.3) is 0 Å². The number of nitrogens with two attached hydrogens (primary N) is 1. The number of para-hydroxylation sites is 1. The number of carboxylic acids is 1. The molecule has 5 aromatic rings. The Bertz CT molecular complexity index is 3930. The van der Waals surface area contributed by atoms with Gasteiger partial charge in [0.1, 0.15) is 76.7 Å². The first-order chi connectivity index (χ1) is 50.1. The van der Waals surface area contributed by atoms with E-state index in [0.717, 1.165) is 9.80 Å². The maximum atomic E-state index is 15.1. The Morgan fingerprint density at radius 3 is 1.68 bits per heavy atom. The third kappa shape index (κ3) is 27.8. The van der Waals surface area contributed by atoms with Gasteiger partial charge in [0.2, 0.25) is 53.2 Å². The van der Waals surface area contributed by atoms with Gasteiger partial charge in [-0.25, -0.2) is 4.79 Å². The summed E-state index contributed by atoms with van der Waals surface area (Å²) in [6.07, 6.45) is 2.12. The molecule has 0 aliphatic carbocycles. The van der Waals surface area contributed by atoms with E-state index in [0.29, 0.717) is 70.3 Å². The molecule has 0 bridgehead atoms. The molecule has 1 aliphatic heterocycles. The minimum Gasteiger partial charge on any atom is -0.488 e. The predicted molar refractivity (Wildman–Crippen MR) is 401 cm³/mol. The van der Waals surface area contributed by atoms with E-state index in [1.54, 1.807) is 145 Å². The second-order valence-electron chi connectivity index (χ2n) is 31.0. The molecule has 1 saturated heterocycles. The van der Waals surface area contributed by atoms with Crippen LogP contribution >= 0.6 is 0 Å². The molecule has 0 unspecified atom stereocenters. The smallest absolute Gasteiger partial charge is 0.419 e. The van der Waals surface area contributed by atoms with Crippen molar-refractivity contribution in [2.24, 2.45) is 5.73 Å². The van der Waals surface area contributed by atoms with E-state index in [4.69, 9.17) is 24.7 Å². The van der Waals surface area contributed by atoms with Gasteiger partial charge < -0.3 is 76.4 Å². The molecule has 1 fully saturated rings. The lowest BCUT2D eigenvalue weighted by Crippen LogP contribution is -2.59. The van der Waals surface area contributed by atoms with Crippen LogP contribution in [0, 0.1) is 0 Å². The molecule has 9 amide bonds. The van der Waals surface area contributed by atoms with Gasteiger partial charge >= 0.3 is 18.0 Å². The summed E-state index contributed by atoms with van der Waals surface area (Å²) >= 11 is 0. The number of carboxylic acid groups (broad SMARTS) is 1. The van der Waals surface area contributed by atoms with Crippen LogP contribution in [0.2, 0.25) is 0 Å². The second-order valence-corrected chi connectivity index (χ2v) is 31.0. The van der Waals surface area contributed by atoms with Gasteiger partial charge in [-0.1, -0.05) is 99.0 Å². The number of likely N-dealkylation sites (tertiary alicyclic amines) is 1. The molecule has 2 heterocycles. The van der Waals surface area contributed by atoms with E-state index >= 15 is 9.59 Å². The lowest BCUT2D eigenvalue weighted by Gasteiger charge is -2.31. The Kier molecular flexibility index (Phi) is 30.6. The Balaban J connectivity index is 1.21. The highest BCUT2D eigenvalue weighted by Gasteiger charge is 2.42. The predicted octanol–water partition coefficient (Wildman–Crippen LogP) is 6.22. The average molecular weight is 1480 g/mol. The molecule has 0 radical (unpaired) electrons. The highest BCUT2D eigenvalue weighted by Crippen LogP contribution is 2.27. The van der Waals surface area contributed by atoms with Crippen molar-refractivity contribution in [3.8, 4) is 11.5 Å². The summed E-state index contributed by atoms with van der Waals surface area (Å²) in [6, 6.07) is 20.1. The van der Waals surface area contributed by atoms with E-state index in [-0.39, 0.29) is 45.1 Å². The van der Waals surface area contributed by atoms with Gasteiger partial charge in [-0.15, -0.1) is 0 Å². The molecule has 7 atom stereocenters. The van der Waals surface area contributed by atoms with Gasteiger partial charge in [0, 0.05) is 51.5 Å². The number of benzene rings is 4. The number of unbranched alkanes of at least 4 members (excludes halogenated alkanes) is 2. The minimum absolute atomic E-state index is 0.0517. The van der Waals surface area contributed by atoms with Gasteiger partial charge in [-0.05, 0) is 161 Å². The Hall–Kier alpha value is -10.4. The van der Waals surface area contributed by atoms with Crippen LogP contribution in [-0.2, 0) is 87.9 Å². The van der Waals surface area contributed by atoms with E-state index in [2.05, 4.69) is 31.9 Å². The van der Waals surface area contributed by atoms with Crippen LogP contribution in [-0.4, -0.2) is 201 Å². The fourth-order valence-electron chi connectivity index (χ4n) is 12.0. The summed E-state index contributed by atoms with van der Waals surface area (Å²) in [4.78, 5) is 172. The lowest BCUT2D eigenvalue weighted by molar-refractivity contribution is -0.158. The summed E-state index contributed by atoms with van der Waals surface area (Å²) < 4.78 is 24.5. The number of carbonyl (C=O) groups excluding carboxylic acids is 11. The Labute approximate surface area is 626 Å². The van der Waals surface area contributed by atoms with Crippen molar-refractivity contribution >= 4 is 82.1 Å². The van der Waals surface area contributed by atoms with Crippen LogP contribution in [0.3, 0.4) is 0 Å². The number of amides is 9. The molecule has 582 valence electrons. The summed E-state index contributed by atoms with van der Waals surface area (Å²) in [6.45, 7) is 21.4. The molecule has 28 heteroatoms. The van der Waals surface area contributed by atoms with Crippen molar-refractivity contribution in [2.75, 3.05) is 40.3 Å². The van der Waals surface area contributed by atoms with Crippen molar-refractivity contribution < 1.29 is 81.6 Å². The monoisotopic (exact) mass is 1480 g/mol. The number of nitrogens with one attached hydrogen (secondary N) is 6. The molecule has 107 heavy (non-hydrogen) atoms. The first-order valence-electron chi connectivity index (χ1n) is 36.3. The molecule has 1 aliphatic rings. The van der Waals surface area contributed by atoms with Gasteiger partial charge in [-0.2, -0.15) is 0 Å². The number of aliphatic carboxylic acids is 1. The van der Waals surface area contributed by atoms with E-state index < -0.39 is 162 Å².